The van der Waals surface area contributed by atoms with Crippen molar-refractivity contribution in [3.63, 3.8) is 0 Å². The number of rotatable bonds is 1. The molecule has 0 amide bonds. The Morgan fingerprint density at radius 1 is 0.852 bits per heavy atom. The van der Waals surface area contributed by atoms with Crippen molar-refractivity contribution in [1.82, 2.24) is 4.98 Å². The number of hydrogen-bond donors (Lipinski definition) is 1. The maximum absolute atomic E-state index is 9.80. The third kappa shape index (κ3) is 4.57. The van der Waals surface area contributed by atoms with E-state index in [4.69, 9.17) is 28.9 Å². The number of aromatic nitrogens is 1. The van der Waals surface area contributed by atoms with E-state index in [1.54, 1.807) is 0 Å². The zero-order valence-corrected chi connectivity index (χ0v) is 17.0. The topological polar surface area (TPSA) is 62.7 Å². The number of nitrogens with zero attached hydrogens (tertiary/aromatic N) is 2. The summed E-state index contributed by atoms with van der Waals surface area (Å²) in [4.78, 5) is 4.63. The summed E-state index contributed by atoms with van der Waals surface area (Å²) in [5.41, 5.74) is 10.2. The molecule has 3 rings (SSSR count). The van der Waals surface area contributed by atoms with Gasteiger partial charge < -0.3 is 5.73 Å². The highest BCUT2D eigenvalue weighted by molar-refractivity contribution is 6.39. The first-order valence-electron chi connectivity index (χ1n) is 9.79. The van der Waals surface area contributed by atoms with E-state index < -0.39 is 0 Å². The van der Waals surface area contributed by atoms with Gasteiger partial charge in [-0.05, 0) is 43.4 Å². The average Bonchev–Trinajstić information content (AvgIpc) is 2.63. The van der Waals surface area contributed by atoms with Crippen molar-refractivity contribution in [1.29, 1.82) is 5.26 Å². The monoisotopic (exact) mass is 401 g/mol. The first kappa shape index (κ1) is 20.0. The van der Waals surface area contributed by atoms with Crippen LogP contribution in [-0.2, 0) is 12.8 Å². The van der Waals surface area contributed by atoms with Gasteiger partial charge in [-0.1, -0.05) is 67.8 Å². The molecule has 3 nitrogen and oxygen atoms in total. The summed E-state index contributed by atoms with van der Waals surface area (Å²) in [5.74, 6) is 0.273. The number of anilines is 1. The van der Waals surface area contributed by atoms with Crippen molar-refractivity contribution in [2.45, 2.75) is 64.2 Å². The van der Waals surface area contributed by atoms with E-state index in [0.29, 0.717) is 21.2 Å². The zero-order valence-electron chi connectivity index (χ0n) is 15.5. The molecule has 0 bridgehead atoms. The van der Waals surface area contributed by atoms with Gasteiger partial charge >= 0.3 is 0 Å². The van der Waals surface area contributed by atoms with Crippen LogP contribution in [0.2, 0.25) is 10.0 Å². The Balaban J connectivity index is 2.19. The lowest BCUT2D eigenvalue weighted by Crippen LogP contribution is -2.09. The second kappa shape index (κ2) is 9.44. The molecule has 0 saturated carbocycles. The molecule has 27 heavy (non-hydrogen) atoms. The number of halogens is 2. The van der Waals surface area contributed by atoms with E-state index in [2.05, 4.69) is 11.1 Å². The Kier molecular flexibility index (Phi) is 6.99. The largest absolute Gasteiger partial charge is 0.383 e. The first-order chi connectivity index (χ1) is 13.1. The van der Waals surface area contributed by atoms with Crippen LogP contribution >= 0.6 is 23.2 Å². The Hall–Kier alpha value is -1.76. The normalized spacial score (nSPS) is 15.9. The molecule has 1 heterocycles. The molecule has 0 spiro atoms. The maximum atomic E-state index is 9.80. The van der Waals surface area contributed by atoms with Crippen molar-refractivity contribution in [3.05, 3.63) is 45.1 Å². The standard InChI is InChI=1S/C22H25Cl2N3/c23-17-11-9-12-18(24)21(17)20-15-10-7-5-3-1-2-4-6-8-13-19(15)27-22(26)16(20)14-25/h9,11-12H,1-8,10,13H2,(H2,26,27). The van der Waals surface area contributed by atoms with Crippen molar-refractivity contribution < 1.29 is 0 Å². The molecular weight excluding hydrogens is 377 g/mol. The molecule has 1 aromatic heterocycles. The molecule has 1 aliphatic carbocycles. The Bertz CT molecular complexity index is 835. The third-order valence-electron chi connectivity index (χ3n) is 5.33. The zero-order chi connectivity index (χ0) is 19.2. The van der Waals surface area contributed by atoms with Gasteiger partial charge in [0, 0.05) is 26.9 Å². The number of nitrogens with two attached hydrogens (primary N) is 1. The van der Waals surface area contributed by atoms with Crippen LogP contribution in [0.5, 0.6) is 0 Å². The van der Waals surface area contributed by atoms with Gasteiger partial charge in [0.1, 0.15) is 17.5 Å². The van der Waals surface area contributed by atoms with E-state index in [9.17, 15) is 5.26 Å². The summed E-state index contributed by atoms with van der Waals surface area (Å²) in [6, 6.07) is 7.68. The Morgan fingerprint density at radius 2 is 1.41 bits per heavy atom. The van der Waals surface area contributed by atoms with Crippen LogP contribution in [0.4, 0.5) is 5.82 Å². The van der Waals surface area contributed by atoms with Crippen molar-refractivity contribution in [2.75, 3.05) is 5.73 Å². The minimum absolute atomic E-state index is 0.273. The lowest BCUT2D eigenvalue weighted by atomic mass is 9.89. The van der Waals surface area contributed by atoms with Gasteiger partial charge in [0.05, 0.1) is 0 Å². The molecule has 0 fully saturated rings. The average molecular weight is 402 g/mol. The minimum Gasteiger partial charge on any atom is -0.383 e. The van der Waals surface area contributed by atoms with Gasteiger partial charge in [0.25, 0.3) is 0 Å². The van der Waals surface area contributed by atoms with Gasteiger partial charge in [-0.25, -0.2) is 4.98 Å². The number of fused-ring (bicyclic) bond motifs is 1. The number of nitrogen functional groups attached to an aromatic ring is 1. The third-order valence-corrected chi connectivity index (χ3v) is 5.96. The number of hydrogen-bond acceptors (Lipinski definition) is 3. The summed E-state index contributed by atoms with van der Waals surface area (Å²) >= 11 is 13.0. The molecule has 2 aromatic rings. The van der Waals surface area contributed by atoms with E-state index in [0.717, 1.165) is 42.5 Å². The fraction of sp³-hybridized carbons (Fsp3) is 0.455. The van der Waals surface area contributed by atoms with E-state index in [1.165, 1.54) is 38.5 Å². The quantitative estimate of drug-likeness (QED) is 0.575. The van der Waals surface area contributed by atoms with Crippen LogP contribution in [0.3, 0.4) is 0 Å². The minimum atomic E-state index is 0.273. The fourth-order valence-electron chi connectivity index (χ4n) is 3.95. The van der Waals surface area contributed by atoms with Crippen molar-refractivity contribution >= 4 is 29.0 Å². The van der Waals surface area contributed by atoms with E-state index in [1.807, 2.05) is 18.2 Å². The van der Waals surface area contributed by atoms with Crippen molar-refractivity contribution in [2.24, 2.45) is 0 Å². The van der Waals surface area contributed by atoms with Crippen LogP contribution in [0.1, 0.15) is 68.2 Å². The molecule has 0 aliphatic heterocycles. The lowest BCUT2D eigenvalue weighted by Gasteiger charge is -2.20. The highest BCUT2D eigenvalue weighted by Crippen LogP contribution is 2.41. The SMILES string of the molecule is N#Cc1c(N)nc2c(c1-c1c(Cl)cccc1Cl)CCCCCCCCCC2. The lowest BCUT2D eigenvalue weighted by molar-refractivity contribution is 0.557. The molecule has 0 saturated heterocycles. The maximum Gasteiger partial charge on any atom is 0.142 e. The van der Waals surface area contributed by atoms with Gasteiger partial charge in [-0.3, -0.25) is 0 Å². The van der Waals surface area contributed by atoms with Crippen LogP contribution in [0.25, 0.3) is 11.1 Å². The van der Waals surface area contributed by atoms with E-state index in [-0.39, 0.29) is 5.82 Å². The highest BCUT2D eigenvalue weighted by atomic mass is 35.5. The summed E-state index contributed by atoms with van der Waals surface area (Å²) in [6.45, 7) is 0. The summed E-state index contributed by atoms with van der Waals surface area (Å²) in [6.07, 6.45) is 11.4. The second-order valence-electron chi connectivity index (χ2n) is 7.21. The van der Waals surface area contributed by atoms with E-state index >= 15 is 0 Å². The molecule has 1 aromatic carbocycles. The molecule has 5 heteroatoms. The van der Waals surface area contributed by atoms with Crippen LogP contribution < -0.4 is 5.73 Å². The highest BCUT2D eigenvalue weighted by Gasteiger charge is 2.23. The number of benzene rings is 1. The number of aryl methyl sites for hydroxylation is 1. The molecule has 0 radical (unpaired) electrons. The molecule has 0 atom stereocenters. The van der Waals surface area contributed by atoms with Crippen LogP contribution in [-0.4, -0.2) is 4.98 Å². The molecular formula is C22H25Cl2N3. The smallest absolute Gasteiger partial charge is 0.142 e. The molecule has 2 N–H and O–H groups in total. The van der Waals surface area contributed by atoms with Crippen molar-refractivity contribution in [3.8, 4) is 17.2 Å². The second-order valence-corrected chi connectivity index (χ2v) is 8.02. The predicted molar refractivity (Wildman–Crippen MR) is 113 cm³/mol. The molecule has 1 aliphatic rings. The molecule has 142 valence electrons. The summed E-state index contributed by atoms with van der Waals surface area (Å²) < 4.78 is 0. The summed E-state index contributed by atoms with van der Waals surface area (Å²) in [5, 5.41) is 10.9. The van der Waals surface area contributed by atoms with Gasteiger partial charge in [-0.2, -0.15) is 5.26 Å². The van der Waals surface area contributed by atoms with Gasteiger partial charge in [0.15, 0.2) is 0 Å². The fourth-order valence-corrected chi connectivity index (χ4v) is 4.54. The summed E-state index contributed by atoms with van der Waals surface area (Å²) in [7, 11) is 0. The van der Waals surface area contributed by atoms with Gasteiger partial charge in [-0.15, -0.1) is 0 Å². The number of pyridine rings is 1. The van der Waals surface area contributed by atoms with Crippen LogP contribution in [0.15, 0.2) is 18.2 Å². The predicted octanol–water partition coefficient (Wildman–Crippen LogP) is 6.73. The molecule has 0 unspecified atom stereocenters. The Morgan fingerprint density at radius 3 is 2.00 bits per heavy atom. The van der Waals surface area contributed by atoms with Gasteiger partial charge in [0.2, 0.25) is 0 Å². The first-order valence-corrected chi connectivity index (χ1v) is 10.5. The Labute approximate surface area is 171 Å². The van der Waals surface area contributed by atoms with Crippen LogP contribution in [0, 0.1) is 11.3 Å². The number of nitriles is 1.